The predicted octanol–water partition coefficient (Wildman–Crippen LogP) is 4.20. The molecule has 98 valence electrons. The molecule has 19 heavy (non-hydrogen) atoms. The highest BCUT2D eigenvalue weighted by Crippen LogP contribution is 2.34. The topological polar surface area (TPSA) is 48.4 Å². The van der Waals surface area contributed by atoms with Gasteiger partial charge in [-0.1, -0.05) is 23.7 Å². The highest BCUT2D eigenvalue weighted by atomic mass is 35.5. The lowest BCUT2D eigenvalue weighted by Crippen LogP contribution is -2.08. The average molecular weight is 294 g/mol. The van der Waals surface area contributed by atoms with Gasteiger partial charge in [-0.05, 0) is 18.2 Å². The van der Waals surface area contributed by atoms with Crippen LogP contribution in [-0.2, 0) is 0 Å². The van der Waals surface area contributed by atoms with Crippen LogP contribution in [0, 0.1) is 0 Å². The van der Waals surface area contributed by atoms with E-state index in [0.29, 0.717) is 16.4 Å². The highest BCUT2D eigenvalue weighted by Gasteiger charge is 2.17. The van der Waals surface area contributed by atoms with E-state index in [-0.39, 0.29) is 6.04 Å². The molecule has 0 bridgehead atoms. The monoisotopic (exact) mass is 293 g/mol. The summed E-state index contributed by atoms with van der Waals surface area (Å²) in [6.45, 7) is 0. The van der Waals surface area contributed by atoms with Crippen molar-refractivity contribution in [2.75, 3.05) is 7.11 Å². The number of hydrogen-bond donors (Lipinski definition) is 1. The molecule has 0 aliphatic heterocycles. The minimum absolute atomic E-state index is 0.308. The number of rotatable bonds is 3. The van der Waals surface area contributed by atoms with Crippen molar-refractivity contribution >= 4 is 33.9 Å². The number of methoxy groups -OCH3 is 1. The lowest BCUT2D eigenvalue weighted by molar-refractivity contribution is 0.416. The van der Waals surface area contributed by atoms with Gasteiger partial charge in [0.05, 0.1) is 18.2 Å². The number of furan rings is 1. The molecule has 0 amide bonds. The first kappa shape index (κ1) is 12.5. The van der Waals surface area contributed by atoms with Crippen LogP contribution < -0.4 is 10.5 Å². The van der Waals surface area contributed by atoms with Crippen LogP contribution in [0.1, 0.15) is 16.7 Å². The molecule has 1 unspecified atom stereocenters. The molecule has 3 aromatic rings. The zero-order valence-corrected chi connectivity index (χ0v) is 11.8. The second kappa shape index (κ2) is 4.89. The van der Waals surface area contributed by atoms with Crippen molar-refractivity contribution in [3.8, 4) is 5.75 Å². The number of halogens is 1. The number of para-hydroxylation sites is 1. The van der Waals surface area contributed by atoms with Crippen molar-refractivity contribution in [1.82, 2.24) is 0 Å². The van der Waals surface area contributed by atoms with Gasteiger partial charge < -0.3 is 14.9 Å². The third-order valence-corrected chi connectivity index (χ3v) is 4.25. The van der Waals surface area contributed by atoms with Gasteiger partial charge >= 0.3 is 0 Å². The minimum Gasteiger partial charge on any atom is -0.496 e. The molecule has 2 aromatic heterocycles. The molecule has 0 saturated carbocycles. The summed E-state index contributed by atoms with van der Waals surface area (Å²) in [4.78, 5) is 0.993. The molecule has 0 fully saturated rings. The molecule has 3 nitrogen and oxygen atoms in total. The van der Waals surface area contributed by atoms with Crippen LogP contribution in [0.2, 0.25) is 5.02 Å². The van der Waals surface area contributed by atoms with Gasteiger partial charge in [-0.25, -0.2) is 0 Å². The molecule has 0 saturated heterocycles. The summed E-state index contributed by atoms with van der Waals surface area (Å²) >= 11 is 7.64. The standard InChI is InChI=1S/C14H12ClNO2S/c1-17-9-6-12(19-7-9)13(16)11-5-8-3-2-4-10(15)14(8)18-11/h2-7,13H,16H2,1H3. The summed E-state index contributed by atoms with van der Waals surface area (Å²) < 4.78 is 10.9. The molecule has 0 aliphatic rings. The second-order valence-corrected chi connectivity index (χ2v) is 5.52. The number of nitrogens with two attached hydrogens (primary N) is 1. The molecular formula is C14H12ClNO2S. The molecular weight excluding hydrogens is 282 g/mol. The smallest absolute Gasteiger partial charge is 0.152 e. The summed E-state index contributed by atoms with van der Waals surface area (Å²) in [5, 5.41) is 3.48. The van der Waals surface area contributed by atoms with Crippen LogP contribution in [0.25, 0.3) is 11.0 Å². The zero-order valence-electron chi connectivity index (χ0n) is 10.2. The van der Waals surface area contributed by atoms with Crippen molar-refractivity contribution in [3.05, 3.63) is 51.4 Å². The van der Waals surface area contributed by atoms with Gasteiger partial charge in [0.25, 0.3) is 0 Å². The molecule has 0 aliphatic carbocycles. The first-order chi connectivity index (χ1) is 9.19. The third kappa shape index (κ3) is 2.23. The van der Waals surface area contributed by atoms with E-state index in [1.54, 1.807) is 24.5 Å². The van der Waals surface area contributed by atoms with E-state index in [0.717, 1.165) is 16.0 Å². The average Bonchev–Trinajstić information content (AvgIpc) is 3.05. The normalized spacial score (nSPS) is 12.8. The van der Waals surface area contributed by atoms with Crippen LogP contribution in [0.4, 0.5) is 0 Å². The van der Waals surface area contributed by atoms with Crippen LogP contribution in [0.5, 0.6) is 5.75 Å². The Morgan fingerprint density at radius 3 is 2.89 bits per heavy atom. The van der Waals surface area contributed by atoms with E-state index in [4.69, 9.17) is 26.5 Å². The molecule has 5 heteroatoms. The first-order valence-electron chi connectivity index (χ1n) is 5.75. The molecule has 3 rings (SSSR count). The van der Waals surface area contributed by atoms with E-state index >= 15 is 0 Å². The Morgan fingerprint density at radius 2 is 2.21 bits per heavy atom. The summed E-state index contributed by atoms with van der Waals surface area (Å²) in [5.74, 6) is 1.51. The van der Waals surface area contributed by atoms with Gasteiger partial charge in [-0.3, -0.25) is 0 Å². The van der Waals surface area contributed by atoms with Gasteiger partial charge in [0.15, 0.2) is 5.58 Å². The Balaban J connectivity index is 2.01. The third-order valence-electron chi connectivity index (χ3n) is 2.96. The fraction of sp³-hybridized carbons (Fsp3) is 0.143. The molecule has 2 N–H and O–H groups in total. The van der Waals surface area contributed by atoms with Gasteiger partial charge in [0.1, 0.15) is 11.5 Å². The van der Waals surface area contributed by atoms with Crippen molar-refractivity contribution < 1.29 is 9.15 Å². The Hall–Kier alpha value is -1.49. The summed E-state index contributed by atoms with van der Waals surface area (Å²) in [7, 11) is 1.64. The van der Waals surface area contributed by atoms with Crippen molar-refractivity contribution in [1.29, 1.82) is 0 Å². The van der Waals surface area contributed by atoms with Crippen LogP contribution >= 0.6 is 22.9 Å². The number of ether oxygens (including phenoxy) is 1. The summed E-state index contributed by atoms with van der Waals surface area (Å²) in [6.07, 6.45) is 0. The lowest BCUT2D eigenvalue weighted by Gasteiger charge is -2.04. The maximum atomic E-state index is 6.22. The summed E-state index contributed by atoms with van der Waals surface area (Å²) in [6, 6.07) is 9.19. The number of fused-ring (bicyclic) bond motifs is 1. The molecule has 1 atom stereocenters. The fourth-order valence-electron chi connectivity index (χ4n) is 1.95. The van der Waals surface area contributed by atoms with E-state index < -0.39 is 0 Å². The maximum Gasteiger partial charge on any atom is 0.152 e. The van der Waals surface area contributed by atoms with E-state index in [1.165, 1.54) is 0 Å². The number of thiophene rings is 1. The van der Waals surface area contributed by atoms with Gasteiger partial charge in [0, 0.05) is 15.6 Å². The van der Waals surface area contributed by atoms with E-state index in [9.17, 15) is 0 Å². The second-order valence-electron chi connectivity index (χ2n) is 4.17. The molecule has 0 spiro atoms. The highest BCUT2D eigenvalue weighted by molar-refractivity contribution is 7.10. The quantitative estimate of drug-likeness (QED) is 0.787. The Morgan fingerprint density at radius 1 is 1.37 bits per heavy atom. The molecule has 2 heterocycles. The zero-order chi connectivity index (χ0) is 13.4. The van der Waals surface area contributed by atoms with Gasteiger partial charge in [-0.15, -0.1) is 11.3 Å². The van der Waals surface area contributed by atoms with Crippen molar-refractivity contribution in [3.63, 3.8) is 0 Å². The van der Waals surface area contributed by atoms with Crippen LogP contribution in [0.15, 0.2) is 40.1 Å². The number of benzene rings is 1. The lowest BCUT2D eigenvalue weighted by atomic mass is 10.2. The van der Waals surface area contributed by atoms with Gasteiger partial charge in [0.2, 0.25) is 0 Å². The molecule has 1 aromatic carbocycles. The number of hydrogen-bond acceptors (Lipinski definition) is 4. The minimum atomic E-state index is -0.308. The van der Waals surface area contributed by atoms with Crippen molar-refractivity contribution in [2.24, 2.45) is 5.73 Å². The molecule has 0 radical (unpaired) electrons. The summed E-state index contributed by atoms with van der Waals surface area (Å²) in [5.41, 5.74) is 6.90. The predicted molar refractivity (Wildman–Crippen MR) is 78.1 cm³/mol. The van der Waals surface area contributed by atoms with Crippen LogP contribution in [-0.4, -0.2) is 7.11 Å². The maximum absolute atomic E-state index is 6.22. The SMILES string of the molecule is COc1csc(C(N)c2cc3cccc(Cl)c3o2)c1. The fourth-order valence-corrected chi connectivity index (χ4v) is 3.03. The van der Waals surface area contributed by atoms with Crippen molar-refractivity contribution in [2.45, 2.75) is 6.04 Å². The Bertz CT molecular complexity index is 719. The first-order valence-corrected chi connectivity index (χ1v) is 7.01. The Labute approximate surface area is 119 Å². The largest absolute Gasteiger partial charge is 0.496 e. The van der Waals surface area contributed by atoms with E-state index in [2.05, 4.69) is 0 Å². The van der Waals surface area contributed by atoms with E-state index in [1.807, 2.05) is 29.6 Å². The van der Waals surface area contributed by atoms with Gasteiger partial charge in [-0.2, -0.15) is 0 Å². The Kier molecular flexibility index (Phi) is 3.22. The van der Waals surface area contributed by atoms with Crippen LogP contribution in [0.3, 0.4) is 0 Å².